The van der Waals surface area contributed by atoms with Crippen molar-refractivity contribution in [2.24, 2.45) is 0 Å². The number of nitrogens with one attached hydrogen (secondary N) is 3. The third kappa shape index (κ3) is 3.33. The van der Waals surface area contributed by atoms with Gasteiger partial charge < -0.3 is 10.6 Å². The van der Waals surface area contributed by atoms with E-state index in [1.165, 1.54) is 24.5 Å². The average molecular weight is 298 g/mol. The molecule has 0 aliphatic carbocycles. The van der Waals surface area contributed by atoms with E-state index in [0.29, 0.717) is 5.69 Å². The van der Waals surface area contributed by atoms with E-state index in [0.717, 1.165) is 6.07 Å². The molecule has 1 heterocycles. The number of nitrogens with zero attached hydrogens (tertiary/aromatic N) is 1. The number of hydrogen-bond acceptors (Lipinski definition) is 3. The number of alkyl halides is 3. The van der Waals surface area contributed by atoms with E-state index in [1.807, 2.05) is 0 Å². The standard InChI is InChI=1S/C13H13F3N4O/c1-2-17-11-9(4-3-5-10(11)13(14,15)16)12(21)20-8-6-18-19-7-8/h3-7,17H,2H2,1H3,(H,18,19)(H,20,21). The number of hydrogen-bond donors (Lipinski definition) is 3. The molecular weight excluding hydrogens is 285 g/mol. The van der Waals surface area contributed by atoms with Crippen molar-refractivity contribution in [2.75, 3.05) is 17.2 Å². The average Bonchev–Trinajstić information content (AvgIpc) is 2.90. The Labute approximate surface area is 118 Å². The fourth-order valence-corrected chi connectivity index (χ4v) is 1.86. The lowest BCUT2D eigenvalue weighted by Gasteiger charge is -2.17. The zero-order chi connectivity index (χ0) is 15.5. The second kappa shape index (κ2) is 5.86. The molecule has 3 N–H and O–H groups in total. The maximum absolute atomic E-state index is 13.0. The van der Waals surface area contributed by atoms with Gasteiger partial charge in [-0.2, -0.15) is 18.3 Å². The van der Waals surface area contributed by atoms with Crippen LogP contribution in [0.2, 0.25) is 0 Å². The zero-order valence-electron chi connectivity index (χ0n) is 11.1. The summed E-state index contributed by atoms with van der Waals surface area (Å²) in [5.41, 5.74) is -0.801. The van der Waals surface area contributed by atoms with E-state index in [-0.39, 0.29) is 17.8 Å². The maximum atomic E-state index is 13.0. The number of para-hydroxylation sites is 1. The molecule has 0 fully saturated rings. The topological polar surface area (TPSA) is 69.8 Å². The minimum atomic E-state index is -4.54. The minimum Gasteiger partial charge on any atom is -0.384 e. The van der Waals surface area contributed by atoms with E-state index in [1.54, 1.807) is 6.92 Å². The Balaban J connectivity index is 2.40. The summed E-state index contributed by atoms with van der Waals surface area (Å²) >= 11 is 0. The van der Waals surface area contributed by atoms with Gasteiger partial charge in [0.2, 0.25) is 0 Å². The highest BCUT2D eigenvalue weighted by molar-refractivity contribution is 6.08. The SMILES string of the molecule is CCNc1c(C(=O)Nc2cn[nH]c2)cccc1C(F)(F)F. The summed E-state index contributed by atoms with van der Waals surface area (Å²) < 4.78 is 39.0. The summed E-state index contributed by atoms with van der Waals surface area (Å²) in [6.07, 6.45) is -1.75. The van der Waals surface area contributed by atoms with Crippen LogP contribution >= 0.6 is 0 Å². The third-order valence-corrected chi connectivity index (χ3v) is 2.72. The first kappa shape index (κ1) is 14.9. The molecule has 0 aliphatic heterocycles. The summed E-state index contributed by atoms with van der Waals surface area (Å²) in [5.74, 6) is -0.640. The monoisotopic (exact) mass is 298 g/mol. The number of rotatable bonds is 4. The second-order valence-electron chi connectivity index (χ2n) is 4.20. The lowest BCUT2D eigenvalue weighted by atomic mass is 10.1. The van der Waals surface area contributed by atoms with Gasteiger partial charge in [-0.15, -0.1) is 0 Å². The van der Waals surface area contributed by atoms with E-state index in [9.17, 15) is 18.0 Å². The van der Waals surface area contributed by atoms with Crippen molar-refractivity contribution in [3.05, 3.63) is 41.7 Å². The first-order valence-electron chi connectivity index (χ1n) is 6.17. The van der Waals surface area contributed by atoms with Gasteiger partial charge in [0.15, 0.2) is 0 Å². The van der Waals surface area contributed by atoms with Crippen LogP contribution in [0.5, 0.6) is 0 Å². The summed E-state index contributed by atoms with van der Waals surface area (Å²) in [4.78, 5) is 12.1. The van der Waals surface area contributed by atoms with Crippen molar-refractivity contribution >= 4 is 17.3 Å². The van der Waals surface area contributed by atoms with Gasteiger partial charge >= 0.3 is 6.18 Å². The van der Waals surface area contributed by atoms with Gasteiger partial charge in [0.1, 0.15) is 0 Å². The number of benzene rings is 1. The van der Waals surface area contributed by atoms with Crippen molar-refractivity contribution in [3.63, 3.8) is 0 Å². The van der Waals surface area contributed by atoms with E-state index < -0.39 is 17.6 Å². The van der Waals surface area contributed by atoms with Gasteiger partial charge in [-0.25, -0.2) is 0 Å². The van der Waals surface area contributed by atoms with Gasteiger partial charge in [0.25, 0.3) is 5.91 Å². The van der Waals surface area contributed by atoms with Gasteiger partial charge in [-0.3, -0.25) is 9.89 Å². The Morgan fingerprint density at radius 3 is 2.71 bits per heavy atom. The number of halogens is 3. The highest BCUT2D eigenvalue weighted by atomic mass is 19.4. The minimum absolute atomic E-state index is 0.0760. The molecule has 1 aromatic heterocycles. The largest absolute Gasteiger partial charge is 0.418 e. The van der Waals surface area contributed by atoms with E-state index >= 15 is 0 Å². The van der Waals surface area contributed by atoms with Crippen LogP contribution in [0.1, 0.15) is 22.8 Å². The number of amides is 1. The third-order valence-electron chi connectivity index (χ3n) is 2.72. The molecule has 1 amide bonds. The predicted octanol–water partition coefficient (Wildman–Crippen LogP) is 3.11. The Morgan fingerprint density at radius 1 is 1.38 bits per heavy atom. The molecule has 0 aliphatic rings. The number of carbonyl (C=O) groups excluding carboxylic acids is 1. The Bertz CT molecular complexity index is 623. The Morgan fingerprint density at radius 2 is 2.14 bits per heavy atom. The van der Waals surface area contributed by atoms with Crippen LogP contribution in [-0.4, -0.2) is 22.6 Å². The fraction of sp³-hybridized carbons (Fsp3) is 0.231. The molecule has 21 heavy (non-hydrogen) atoms. The molecule has 0 saturated heterocycles. The molecule has 0 saturated carbocycles. The van der Waals surface area contributed by atoms with Crippen molar-refractivity contribution in [1.29, 1.82) is 0 Å². The van der Waals surface area contributed by atoms with Crippen LogP contribution in [0.15, 0.2) is 30.6 Å². The Kier molecular flexibility index (Phi) is 4.15. The summed E-state index contributed by atoms with van der Waals surface area (Å²) in [7, 11) is 0. The van der Waals surface area contributed by atoms with Crippen LogP contribution in [-0.2, 0) is 6.18 Å². The number of anilines is 2. The zero-order valence-corrected chi connectivity index (χ0v) is 11.1. The number of carbonyl (C=O) groups is 1. The normalized spacial score (nSPS) is 11.2. The molecule has 5 nitrogen and oxygen atoms in total. The molecule has 0 spiro atoms. The summed E-state index contributed by atoms with van der Waals surface area (Å²) in [5, 5.41) is 11.2. The van der Waals surface area contributed by atoms with Gasteiger partial charge in [-0.05, 0) is 19.1 Å². The van der Waals surface area contributed by atoms with Crippen LogP contribution < -0.4 is 10.6 Å². The first-order chi connectivity index (χ1) is 9.93. The fourth-order valence-electron chi connectivity index (χ4n) is 1.86. The second-order valence-corrected chi connectivity index (χ2v) is 4.20. The summed E-state index contributed by atoms with van der Waals surface area (Å²) in [6, 6.07) is 3.48. The molecular formula is C13H13F3N4O. The van der Waals surface area contributed by atoms with E-state index in [4.69, 9.17) is 0 Å². The van der Waals surface area contributed by atoms with Crippen LogP contribution in [0, 0.1) is 0 Å². The molecule has 112 valence electrons. The molecule has 8 heteroatoms. The van der Waals surface area contributed by atoms with Gasteiger partial charge in [0, 0.05) is 12.7 Å². The van der Waals surface area contributed by atoms with Crippen molar-refractivity contribution in [1.82, 2.24) is 10.2 Å². The quantitative estimate of drug-likeness (QED) is 0.812. The lowest BCUT2D eigenvalue weighted by molar-refractivity contribution is -0.136. The summed E-state index contributed by atoms with van der Waals surface area (Å²) in [6.45, 7) is 1.92. The Hall–Kier alpha value is -2.51. The highest BCUT2D eigenvalue weighted by Gasteiger charge is 2.35. The van der Waals surface area contributed by atoms with Crippen molar-refractivity contribution in [3.8, 4) is 0 Å². The number of aromatic amines is 1. The van der Waals surface area contributed by atoms with Crippen LogP contribution in [0.25, 0.3) is 0 Å². The molecule has 0 unspecified atom stereocenters. The van der Waals surface area contributed by atoms with Crippen LogP contribution in [0.3, 0.4) is 0 Å². The molecule has 2 aromatic rings. The van der Waals surface area contributed by atoms with Gasteiger partial charge in [0.05, 0.1) is 28.7 Å². The smallest absolute Gasteiger partial charge is 0.384 e. The predicted molar refractivity (Wildman–Crippen MR) is 72.1 cm³/mol. The highest BCUT2D eigenvalue weighted by Crippen LogP contribution is 2.36. The first-order valence-corrected chi connectivity index (χ1v) is 6.17. The number of aromatic nitrogens is 2. The number of H-pyrrole nitrogens is 1. The molecule has 0 radical (unpaired) electrons. The van der Waals surface area contributed by atoms with Gasteiger partial charge in [-0.1, -0.05) is 6.07 Å². The maximum Gasteiger partial charge on any atom is 0.418 e. The molecule has 0 bridgehead atoms. The lowest BCUT2D eigenvalue weighted by Crippen LogP contribution is -2.18. The van der Waals surface area contributed by atoms with Crippen LogP contribution in [0.4, 0.5) is 24.5 Å². The molecule has 0 atom stereocenters. The van der Waals surface area contributed by atoms with Crippen molar-refractivity contribution in [2.45, 2.75) is 13.1 Å². The van der Waals surface area contributed by atoms with E-state index in [2.05, 4.69) is 20.8 Å². The van der Waals surface area contributed by atoms with Crippen molar-refractivity contribution < 1.29 is 18.0 Å². The molecule has 2 rings (SSSR count). The molecule has 1 aromatic carbocycles.